The SMILES string of the molecule is NCCC[C@H](NC(=O)[C@@H]1CC[C@@H]2CCCC[C@H](NC(=O)[C@H](Cc3ccc(OP(=O)(O)O)cc3)NC(=O)OCc3ccccc3)C(=O)N21)C(=O)NCc1ccccc1. The van der Waals surface area contributed by atoms with E-state index in [4.69, 9.17) is 20.3 Å². The number of nitrogens with one attached hydrogen (secondary N) is 4. The maximum atomic E-state index is 14.3. The van der Waals surface area contributed by atoms with Crippen molar-refractivity contribution in [1.82, 2.24) is 26.2 Å². The Labute approximate surface area is 331 Å². The van der Waals surface area contributed by atoms with Gasteiger partial charge in [-0.2, -0.15) is 0 Å². The van der Waals surface area contributed by atoms with Gasteiger partial charge in [-0.05, 0) is 73.9 Å². The molecule has 2 aliphatic heterocycles. The van der Waals surface area contributed by atoms with Gasteiger partial charge in [-0.3, -0.25) is 29.0 Å². The van der Waals surface area contributed by atoms with Crippen molar-refractivity contribution in [3.8, 4) is 5.75 Å². The van der Waals surface area contributed by atoms with E-state index in [0.29, 0.717) is 57.1 Å². The molecule has 2 fully saturated rings. The first-order valence-corrected chi connectivity index (χ1v) is 20.7. The number of phosphoric ester groups is 1. The van der Waals surface area contributed by atoms with Crippen LogP contribution in [0.4, 0.5) is 4.79 Å². The number of nitrogens with zero attached hydrogens (tertiary/aromatic N) is 1. The van der Waals surface area contributed by atoms with E-state index in [1.165, 1.54) is 24.3 Å². The van der Waals surface area contributed by atoms with E-state index in [-0.39, 0.29) is 37.3 Å². The average Bonchev–Trinajstić information content (AvgIpc) is 3.62. The predicted molar refractivity (Wildman–Crippen MR) is 209 cm³/mol. The first-order chi connectivity index (χ1) is 27.4. The number of carbonyl (C=O) groups is 5. The van der Waals surface area contributed by atoms with Crippen LogP contribution in [-0.2, 0) is 48.1 Å². The maximum Gasteiger partial charge on any atom is 0.524 e. The number of fused-ring (bicyclic) bond motifs is 1. The normalized spacial score (nSPS) is 19.2. The highest BCUT2D eigenvalue weighted by molar-refractivity contribution is 7.46. The number of phosphoric acid groups is 1. The number of carbonyl (C=O) groups excluding carboxylic acids is 5. The molecule has 17 heteroatoms. The lowest BCUT2D eigenvalue weighted by molar-refractivity contribution is -0.145. The molecule has 0 unspecified atom stereocenters. The number of ether oxygens (including phenoxy) is 1. The average molecular weight is 807 g/mol. The first kappa shape index (κ1) is 42.9. The van der Waals surface area contributed by atoms with E-state index in [2.05, 4.69) is 25.8 Å². The van der Waals surface area contributed by atoms with Gasteiger partial charge in [0.05, 0.1) is 0 Å². The van der Waals surface area contributed by atoms with Crippen molar-refractivity contribution in [3.05, 3.63) is 102 Å². The van der Waals surface area contributed by atoms with Crippen LogP contribution in [0.2, 0.25) is 0 Å². The van der Waals surface area contributed by atoms with Crippen LogP contribution in [0.5, 0.6) is 5.75 Å². The van der Waals surface area contributed by atoms with E-state index in [1.807, 2.05) is 36.4 Å². The molecule has 0 bridgehead atoms. The maximum absolute atomic E-state index is 14.3. The number of amides is 5. The van der Waals surface area contributed by atoms with Crippen LogP contribution in [0, 0.1) is 0 Å². The number of nitrogens with two attached hydrogens (primary N) is 1. The monoisotopic (exact) mass is 806 g/mol. The molecule has 2 saturated heterocycles. The molecule has 0 aliphatic carbocycles. The lowest BCUT2D eigenvalue weighted by Crippen LogP contribution is -2.60. The number of hydrogen-bond acceptors (Lipinski definition) is 9. The number of hydrogen-bond donors (Lipinski definition) is 7. The summed E-state index contributed by atoms with van der Waals surface area (Å²) in [5.41, 5.74) is 7.89. The second kappa shape index (κ2) is 20.8. The molecule has 0 aromatic heterocycles. The molecule has 5 rings (SSSR count). The Morgan fingerprint density at radius 1 is 0.807 bits per heavy atom. The highest BCUT2D eigenvalue weighted by atomic mass is 31.2. The number of benzene rings is 3. The van der Waals surface area contributed by atoms with Crippen LogP contribution in [0.3, 0.4) is 0 Å². The Morgan fingerprint density at radius 3 is 2.14 bits per heavy atom. The van der Waals surface area contributed by atoms with Crippen LogP contribution in [0.15, 0.2) is 84.9 Å². The molecule has 57 heavy (non-hydrogen) atoms. The van der Waals surface area contributed by atoms with E-state index in [1.54, 1.807) is 29.2 Å². The second-order valence-electron chi connectivity index (χ2n) is 14.2. The summed E-state index contributed by atoms with van der Waals surface area (Å²) in [4.78, 5) is 88.4. The highest BCUT2D eigenvalue weighted by Crippen LogP contribution is 2.37. The van der Waals surface area contributed by atoms with Crippen LogP contribution in [0.1, 0.15) is 68.1 Å². The molecule has 0 saturated carbocycles. The van der Waals surface area contributed by atoms with Crippen molar-refractivity contribution < 1.29 is 47.6 Å². The fourth-order valence-corrected chi connectivity index (χ4v) is 7.53. The summed E-state index contributed by atoms with van der Waals surface area (Å²) in [5, 5.41) is 11.2. The fraction of sp³-hybridized carbons (Fsp3) is 0.425. The Hall–Kier alpha value is -5.28. The molecular weight excluding hydrogens is 755 g/mol. The number of rotatable bonds is 17. The summed E-state index contributed by atoms with van der Waals surface area (Å²) < 4.78 is 21.3. The van der Waals surface area contributed by atoms with Gasteiger partial charge in [-0.15, -0.1) is 0 Å². The van der Waals surface area contributed by atoms with Gasteiger partial charge in [0.15, 0.2) is 0 Å². The topological polar surface area (TPSA) is 239 Å². The van der Waals surface area contributed by atoms with Crippen LogP contribution >= 0.6 is 7.82 Å². The second-order valence-corrected chi connectivity index (χ2v) is 15.4. The third kappa shape index (κ3) is 13.1. The van der Waals surface area contributed by atoms with Crippen LogP contribution in [-0.4, -0.2) is 81.2 Å². The summed E-state index contributed by atoms with van der Waals surface area (Å²) >= 11 is 0. The van der Waals surface area contributed by atoms with E-state index in [0.717, 1.165) is 17.5 Å². The Morgan fingerprint density at radius 2 is 1.47 bits per heavy atom. The molecule has 2 aliphatic rings. The summed E-state index contributed by atoms with van der Waals surface area (Å²) in [6, 6.07) is 19.8. The molecule has 3 aromatic rings. The van der Waals surface area contributed by atoms with Crippen molar-refractivity contribution in [2.75, 3.05) is 6.54 Å². The zero-order valence-electron chi connectivity index (χ0n) is 31.6. The van der Waals surface area contributed by atoms with Crippen LogP contribution in [0.25, 0.3) is 0 Å². The van der Waals surface area contributed by atoms with Gasteiger partial charge in [-0.25, -0.2) is 9.36 Å². The standard InChI is InChI=1S/C40H51N6O10P/c41-23-9-16-32(36(47)42-25-28-10-3-1-4-11-28)43-38(49)35-22-19-30-14-7-8-15-33(39(50)46(30)35)44-37(48)34(45-40(51)55-26-29-12-5-2-6-13-29)24-27-17-20-31(21-18-27)56-57(52,53)54/h1-6,10-13,17-18,20-21,30,32-35H,7-9,14-16,19,22-26,41H2,(H,42,47)(H,43,49)(H,44,48)(H,45,51)(H2,52,53,54)/t30-,32-,33-,34-,35-/m0/s1. The molecule has 8 N–H and O–H groups in total. The van der Waals surface area contributed by atoms with Gasteiger partial charge in [0, 0.05) is 19.0 Å². The quantitative estimate of drug-likeness (QED) is 0.0979. The number of alkyl carbamates (subject to hydrolysis) is 1. The van der Waals surface area contributed by atoms with Crippen molar-refractivity contribution in [2.24, 2.45) is 5.73 Å². The van der Waals surface area contributed by atoms with Gasteiger partial charge in [0.25, 0.3) is 0 Å². The highest BCUT2D eigenvalue weighted by Gasteiger charge is 2.45. The minimum absolute atomic E-state index is 0.0574. The van der Waals surface area contributed by atoms with Gasteiger partial charge in [0.1, 0.15) is 36.5 Å². The van der Waals surface area contributed by atoms with Gasteiger partial charge >= 0.3 is 13.9 Å². The Bertz CT molecular complexity index is 1860. The molecule has 5 atom stereocenters. The molecule has 16 nitrogen and oxygen atoms in total. The summed E-state index contributed by atoms with van der Waals surface area (Å²) in [7, 11) is -4.80. The van der Waals surface area contributed by atoms with E-state index in [9.17, 15) is 28.5 Å². The Balaban J connectivity index is 1.29. The lowest BCUT2D eigenvalue weighted by Gasteiger charge is -2.36. The Kier molecular flexibility index (Phi) is 15.6. The largest absolute Gasteiger partial charge is 0.524 e. The van der Waals surface area contributed by atoms with Gasteiger partial charge in [0.2, 0.25) is 23.6 Å². The summed E-state index contributed by atoms with van der Waals surface area (Å²) in [5.74, 6) is -2.01. The van der Waals surface area contributed by atoms with Crippen molar-refractivity contribution in [3.63, 3.8) is 0 Å². The minimum Gasteiger partial charge on any atom is -0.445 e. The van der Waals surface area contributed by atoms with Gasteiger partial charge in [-0.1, -0.05) is 85.6 Å². The minimum atomic E-state index is -4.80. The molecule has 5 amide bonds. The smallest absolute Gasteiger partial charge is 0.445 e. The van der Waals surface area contributed by atoms with E-state index < -0.39 is 55.8 Å². The molecule has 2 heterocycles. The first-order valence-electron chi connectivity index (χ1n) is 19.2. The third-order valence-electron chi connectivity index (χ3n) is 10.0. The van der Waals surface area contributed by atoms with E-state index >= 15 is 0 Å². The third-order valence-corrected chi connectivity index (χ3v) is 10.5. The zero-order chi connectivity index (χ0) is 40.8. The van der Waals surface area contributed by atoms with Gasteiger partial charge < -0.3 is 41.2 Å². The van der Waals surface area contributed by atoms with Crippen molar-refractivity contribution >= 4 is 37.5 Å². The van der Waals surface area contributed by atoms with Crippen molar-refractivity contribution in [1.29, 1.82) is 0 Å². The zero-order valence-corrected chi connectivity index (χ0v) is 32.5. The predicted octanol–water partition coefficient (Wildman–Crippen LogP) is 2.95. The molecule has 0 spiro atoms. The molecule has 306 valence electrons. The fourth-order valence-electron chi connectivity index (χ4n) is 7.14. The molecular formula is C40H51N6O10P. The lowest BCUT2D eigenvalue weighted by atomic mass is 9.98. The van der Waals surface area contributed by atoms with Crippen LogP contribution < -0.4 is 31.5 Å². The molecule has 0 radical (unpaired) electrons. The summed E-state index contributed by atoms with van der Waals surface area (Å²) in [6.45, 7) is 0.550. The van der Waals surface area contributed by atoms with Crippen molar-refractivity contribution in [2.45, 2.75) is 101 Å². The summed E-state index contributed by atoms with van der Waals surface area (Å²) in [6.07, 6.45) is 3.20. The molecule has 3 aromatic carbocycles.